The number of methoxy groups -OCH3 is 2. The first-order valence-electron chi connectivity index (χ1n) is 9.31. The van der Waals surface area contributed by atoms with E-state index in [1.165, 1.54) is 0 Å². The van der Waals surface area contributed by atoms with Crippen LogP contribution in [0.25, 0.3) is 0 Å². The van der Waals surface area contributed by atoms with Crippen molar-refractivity contribution in [3.63, 3.8) is 0 Å². The molecule has 1 saturated heterocycles. The van der Waals surface area contributed by atoms with Crippen LogP contribution in [0.15, 0.2) is 24.3 Å². The van der Waals surface area contributed by atoms with E-state index in [1.807, 2.05) is 49.3 Å². The van der Waals surface area contributed by atoms with Gasteiger partial charge in [-0.1, -0.05) is 18.1 Å². The van der Waals surface area contributed by atoms with Gasteiger partial charge in [0.05, 0.1) is 30.6 Å². The minimum absolute atomic E-state index is 0.0760. The van der Waals surface area contributed by atoms with Gasteiger partial charge in [0.1, 0.15) is 29.6 Å². The van der Waals surface area contributed by atoms with Crippen LogP contribution in [0.4, 0.5) is 0 Å². The summed E-state index contributed by atoms with van der Waals surface area (Å²) in [6, 6.07) is 7.43. The van der Waals surface area contributed by atoms with Gasteiger partial charge in [-0.3, -0.25) is 0 Å². The highest BCUT2D eigenvalue weighted by atomic mass is 32.2. The second-order valence-corrected chi connectivity index (χ2v) is 9.83. The maximum absolute atomic E-state index is 13.1. The Kier molecular flexibility index (Phi) is 8.47. The maximum atomic E-state index is 13.1. The first-order valence-corrected chi connectivity index (χ1v) is 10.4. The first-order chi connectivity index (χ1) is 13.3. The van der Waals surface area contributed by atoms with Crippen molar-refractivity contribution in [2.75, 3.05) is 27.6 Å². The minimum Gasteiger partial charge on any atom is -0.497 e. The SMILES string of the molecule is C#C[C@H](OCOC)[C@H]1[C@@H](OCc2ccc(OC)cc2)CCN1[S@@](=O)C(C)(C)C. The van der Waals surface area contributed by atoms with Crippen LogP contribution in [-0.4, -0.2) is 59.1 Å². The topological polar surface area (TPSA) is 57.2 Å². The maximum Gasteiger partial charge on any atom is 0.148 e. The molecule has 28 heavy (non-hydrogen) atoms. The van der Waals surface area contributed by atoms with Crippen molar-refractivity contribution in [3.05, 3.63) is 29.8 Å². The van der Waals surface area contributed by atoms with Gasteiger partial charge in [0.2, 0.25) is 0 Å². The van der Waals surface area contributed by atoms with Crippen LogP contribution in [0.3, 0.4) is 0 Å². The van der Waals surface area contributed by atoms with E-state index in [0.29, 0.717) is 13.2 Å². The van der Waals surface area contributed by atoms with E-state index >= 15 is 0 Å². The van der Waals surface area contributed by atoms with Crippen molar-refractivity contribution >= 4 is 11.0 Å². The van der Waals surface area contributed by atoms with Gasteiger partial charge in [-0.25, -0.2) is 8.51 Å². The Labute approximate surface area is 171 Å². The summed E-state index contributed by atoms with van der Waals surface area (Å²) < 4.78 is 36.7. The van der Waals surface area contributed by atoms with Crippen LogP contribution >= 0.6 is 0 Å². The Bertz CT molecular complexity index is 680. The van der Waals surface area contributed by atoms with Crippen molar-refractivity contribution in [2.45, 2.75) is 56.8 Å². The zero-order valence-electron chi connectivity index (χ0n) is 17.3. The predicted octanol–water partition coefficient (Wildman–Crippen LogP) is 2.74. The molecule has 4 atom stereocenters. The summed E-state index contributed by atoms with van der Waals surface area (Å²) in [5, 5.41) is 0. The molecule has 0 aliphatic carbocycles. The molecule has 7 heteroatoms. The highest BCUT2D eigenvalue weighted by Crippen LogP contribution is 2.31. The largest absolute Gasteiger partial charge is 0.497 e. The summed E-state index contributed by atoms with van der Waals surface area (Å²) in [7, 11) is 1.96. The number of rotatable bonds is 9. The fourth-order valence-electron chi connectivity index (χ4n) is 3.14. The Balaban J connectivity index is 2.15. The summed E-state index contributed by atoms with van der Waals surface area (Å²) in [4.78, 5) is 0. The Morgan fingerprint density at radius 1 is 1.29 bits per heavy atom. The normalized spacial score (nSPS) is 22.6. The molecule has 1 aliphatic rings. The lowest BCUT2D eigenvalue weighted by atomic mass is 10.1. The van der Waals surface area contributed by atoms with Crippen molar-refractivity contribution < 1.29 is 23.2 Å². The van der Waals surface area contributed by atoms with E-state index < -0.39 is 21.8 Å². The van der Waals surface area contributed by atoms with Crippen molar-refractivity contribution in [3.8, 4) is 18.1 Å². The quantitative estimate of drug-likeness (QED) is 0.464. The first kappa shape index (κ1) is 22.9. The van der Waals surface area contributed by atoms with Crippen LogP contribution < -0.4 is 4.74 Å². The molecule has 1 aliphatic heterocycles. The van der Waals surface area contributed by atoms with Crippen LogP contribution in [0.2, 0.25) is 0 Å². The summed E-state index contributed by atoms with van der Waals surface area (Å²) >= 11 is 0. The molecule has 0 bridgehead atoms. The second kappa shape index (κ2) is 10.4. The Morgan fingerprint density at radius 3 is 2.50 bits per heavy atom. The lowest BCUT2D eigenvalue weighted by Crippen LogP contribution is -2.50. The second-order valence-electron chi connectivity index (χ2n) is 7.64. The number of benzene rings is 1. The van der Waals surface area contributed by atoms with Crippen LogP contribution in [-0.2, 0) is 31.8 Å². The molecule has 2 rings (SSSR count). The van der Waals surface area contributed by atoms with Gasteiger partial charge in [-0.15, -0.1) is 6.42 Å². The molecule has 1 fully saturated rings. The fourth-order valence-corrected chi connectivity index (χ4v) is 4.59. The van der Waals surface area contributed by atoms with Crippen molar-refractivity contribution in [1.29, 1.82) is 0 Å². The molecule has 0 aromatic heterocycles. The minimum atomic E-state index is -1.22. The number of hydrogen-bond donors (Lipinski definition) is 0. The monoisotopic (exact) mass is 409 g/mol. The van der Waals surface area contributed by atoms with Crippen molar-refractivity contribution in [2.24, 2.45) is 0 Å². The molecule has 1 aromatic carbocycles. The highest BCUT2D eigenvalue weighted by Gasteiger charge is 2.45. The van der Waals surface area contributed by atoms with Crippen molar-refractivity contribution in [1.82, 2.24) is 4.31 Å². The highest BCUT2D eigenvalue weighted by molar-refractivity contribution is 7.84. The predicted molar refractivity (Wildman–Crippen MR) is 110 cm³/mol. The van der Waals surface area contributed by atoms with Crippen LogP contribution in [0, 0.1) is 12.3 Å². The molecular weight excluding hydrogens is 378 g/mol. The Hall–Kier alpha value is -1.43. The van der Waals surface area contributed by atoms with E-state index in [-0.39, 0.29) is 18.9 Å². The average Bonchev–Trinajstić information content (AvgIpc) is 3.09. The standard InChI is InChI=1S/C21H31NO5S/c1-7-18(27-15-24-5)20-19(12-13-22(20)28(23)21(2,3)4)26-14-16-8-10-17(25-6)11-9-16/h1,8-11,18-20H,12-15H2,2-6H3/t18-,19-,20-,28-/m0/s1. The van der Waals surface area contributed by atoms with Gasteiger partial charge >= 0.3 is 0 Å². The third-order valence-corrected chi connectivity index (χ3v) is 6.45. The smallest absolute Gasteiger partial charge is 0.148 e. The zero-order chi connectivity index (χ0) is 20.7. The van der Waals surface area contributed by atoms with Gasteiger partial charge in [0.15, 0.2) is 0 Å². The van der Waals surface area contributed by atoms with Crippen LogP contribution in [0.1, 0.15) is 32.8 Å². The van der Waals surface area contributed by atoms with E-state index in [1.54, 1.807) is 14.2 Å². The molecule has 6 nitrogen and oxygen atoms in total. The number of ether oxygens (including phenoxy) is 4. The Morgan fingerprint density at radius 2 is 1.96 bits per heavy atom. The van der Waals surface area contributed by atoms with Gasteiger partial charge in [0, 0.05) is 13.7 Å². The molecule has 156 valence electrons. The van der Waals surface area contributed by atoms with Gasteiger partial charge in [0.25, 0.3) is 0 Å². The van der Waals surface area contributed by atoms with E-state index in [2.05, 4.69) is 5.92 Å². The molecule has 1 heterocycles. The van der Waals surface area contributed by atoms with Crippen LogP contribution in [0.5, 0.6) is 5.75 Å². The van der Waals surface area contributed by atoms with Gasteiger partial charge < -0.3 is 18.9 Å². The van der Waals surface area contributed by atoms with Gasteiger partial charge in [-0.05, 0) is 44.9 Å². The summed E-state index contributed by atoms with van der Waals surface area (Å²) in [5.74, 6) is 3.48. The number of nitrogens with zero attached hydrogens (tertiary/aromatic N) is 1. The van der Waals surface area contributed by atoms with E-state index in [4.69, 9.17) is 25.4 Å². The molecule has 0 spiro atoms. The fraction of sp³-hybridized carbons (Fsp3) is 0.619. The zero-order valence-corrected chi connectivity index (χ0v) is 18.2. The summed E-state index contributed by atoms with van der Waals surface area (Å²) in [6.07, 6.45) is 5.71. The molecule has 0 amide bonds. The lowest BCUT2D eigenvalue weighted by molar-refractivity contribution is -0.0879. The average molecular weight is 410 g/mol. The number of terminal acetylenes is 1. The van der Waals surface area contributed by atoms with Gasteiger partial charge in [-0.2, -0.15) is 0 Å². The van der Waals surface area contributed by atoms with E-state index in [9.17, 15) is 4.21 Å². The third kappa shape index (κ3) is 5.79. The molecular formula is C21H31NO5S. The summed E-state index contributed by atoms with van der Waals surface area (Å²) in [6.45, 7) is 7.00. The lowest BCUT2D eigenvalue weighted by Gasteiger charge is -2.34. The molecule has 1 aromatic rings. The molecule has 0 saturated carbocycles. The molecule has 0 radical (unpaired) electrons. The molecule has 0 N–H and O–H groups in total. The van der Waals surface area contributed by atoms with E-state index in [0.717, 1.165) is 17.7 Å². The number of hydrogen-bond acceptors (Lipinski definition) is 5. The third-order valence-electron chi connectivity index (χ3n) is 4.55. The molecule has 0 unspecified atom stereocenters. The summed E-state index contributed by atoms with van der Waals surface area (Å²) in [5.41, 5.74) is 1.03.